The van der Waals surface area contributed by atoms with Crippen molar-refractivity contribution in [1.29, 1.82) is 0 Å². The lowest BCUT2D eigenvalue weighted by atomic mass is 9.91. The van der Waals surface area contributed by atoms with Gasteiger partial charge in [-0.25, -0.2) is 0 Å². The molecule has 0 fully saturated rings. The maximum Gasteiger partial charge on any atom is 0.0355 e. The average molecular weight is 1520 g/mol. The summed E-state index contributed by atoms with van der Waals surface area (Å²) in [6.45, 7) is 0. The van der Waals surface area contributed by atoms with E-state index >= 15 is 0 Å². The van der Waals surface area contributed by atoms with Gasteiger partial charge in [0.2, 0.25) is 0 Å². The summed E-state index contributed by atoms with van der Waals surface area (Å²) in [5, 5.41) is 13.1. The second-order valence-corrected chi connectivity index (χ2v) is 34.8. The molecule has 0 spiro atoms. The minimum Gasteiger partial charge on any atom is -0.135 e. The van der Waals surface area contributed by atoms with Crippen LogP contribution in [-0.2, 0) is 0 Å². The SMILES string of the molecule is c1ccc(-c2cc(-c3ccc4sc5ccc(-c6ccccc6)cc5c4c3)cc(-c3ccc4sc5ccc(-c6ccccc6)cc5c4c3)c2)cc1.c1ccc(-c2ccc3sc4ccc(-c5cc(-c6ccc7sc8ccc(-c9ccccc9)cc8c7c6)cc(-c6ccc7sc8ccc(-c9ccccc9)cc8c7c6)c5)cc4c3c2)cc1. The molecule has 0 atom stereocenters. The zero-order valence-corrected chi connectivity index (χ0v) is 65.2. The van der Waals surface area contributed by atoms with Gasteiger partial charge < -0.3 is 0 Å². The molecule has 0 unspecified atom stereocenters. The average Bonchev–Trinajstić information content (AvgIpc) is 1.66. The Hall–Kier alpha value is -12.9. The molecule has 18 aromatic carbocycles. The van der Waals surface area contributed by atoms with E-state index in [1.54, 1.807) is 0 Å². The van der Waals surface area contributed by atoms with Crippen LogP contribution in [0.4, 0.5) is 0 Å². The Morgan fingerprint density at radius 1 is 0.0885 bits per heavy atom. The molecule has 23 aromatic rings. The van der Waals surface area contributed by atoms with Crippen molar-refractivity contribution in [2.45, 2.75) is 0 Å². The minimum atomic E-state index is 1.21. The maximum absolute atomic E-state index is 2.42. The smallest absolute Gasteiger partial charge is 0.0355 e. The van der Waals surface area contributed by atoms with Crippen LogP contribution in [0.5, 0.6) is 0 Å². The quantitative estimate of drug-likeness (QED) is 0.121. The van der Waals surface area contributed by atoms with Crippen LogP contribution in [0.15, 0.2) is 400 Å². The summed E-state index contributed by atoms with van der Waals surface area (Å²) < 4.78 is 13.2. The monoisotopic (exact) mass is 1520 g/mol. The Bertz CT molecular complexity index is 7040. The molecule has 0 bridgehead atoms. The fourth-order valence-electron chi connectivity index (χ4n) is 16.7. The molecule has 528 valence electrons. The number of thiophene rings is 5. The zero-order chi connectivity index (χ0) is 74.5. The lowest BCUT2D eigenvalue weighted by molar-refractivity contribution is 1.59. The van der Waals surface area contributed by atoms with Gasteiger partial charge in [0.05, 0.1) is 0 Å². The predicted octanol–water partition coefficient (Wildman–Crippen LogP) is 33.5. The molecule has 23 rings (SSSR count). The number of fused-ring (bicyclic) bond motifs is 15. The molecule has 0 saturated carbocycles. The second kappa shape index (κ2) is 28.1. The van der Waals surface area contributed by atoms with Gasteiger partial charge >= 0.3 is 0 Å². The first-order chi connectivity index (χ1) is 55.9. The molecule has 0 nitrogen and oxygen atoms in total. The van der Waals surface area contributed by atoms with Gasteiger partial charge in [-0.3, -0.25) is 0 Å². The number of rotatable bonds is 11. The summed E-state index contributed by atoms with van der Waals surface area (Å²) in [6, 6.07) is 148. The number of hydrogen-bond acceptors (Lipinski definition) is 5. The van der Waals surface area contributed by atoms with Crippen molar-refractivity contribution in [1.82, 2.24) is 0 Å². The second-order valence-electron chi connectivity index (χ2n) is 29.4. The van der Waals surface area contributed by atoms with Crippen LogP contribution in [0.2, 0.25) is 0 Å². The van der Waals surface area contributed by atoms with E-state index in [0.29, 0.717) is 0 Å². The van der Waals surface area contributed by atoms with Crippen molar-refractivity contribution in [2.24, 2.45) is 0 Å². The van der Waals surface area contributed by atoms with Crippen molar-refractivity contribution in [3.63, 3.8) is 0 Å². The maximum atomic E-state index is 2.42. The molecule has 5 aromatic heterocycles. The zero-order valence-electron chi connectivity index (χ0n) is 61.1. The lowest BCUT2D eigenvalue weighted by Gasteiger charge is -2.12. The van der Waals surface area contributed by atoms with Gasteiger partial charge in [-0.05, 0) is 280 Å². The first-order valence-electron chi connectivity index (χ1n) is 38.3. The van der Waals surface area contributed by atoms with E-state index < -0.39 is 0 Å². The van der Waals surface area contributed by atoms with Gasteiger partial charge in [-0.2, -0.15) is 0 Å². The van der Waals surface area contributed by atoms with Crippen LogP contribution in [-0.4, -0.2) is 0 Å². The van der Waals surface area contributed by atoms with Crippen LogP contribution in [0.3, 0.4) is 0 Å². The summed E-state index contributed by atoms with van der Waals surface area (Å²) in [7, 11) is 0. The van der Waals surface area contributed by atoms with E-state index in [4.69, 9.17) is 0 Å². The molecular formula is C108H66S5. The summed E-state index contributed by atoms with van der Waals surface area (Å²) in [6.07, 6.45) is 0. The van der Waals surface area contributed by atoms with Crippen LogP contribution >= 0.6 is 56.7 Å². The van der Waals surface area contributed by atoms with Crippen molar-refractivity contribution < 1.29 is 0 Å². The normalized spacial score (nSPS) is 11.7. The summed E-state index contributed by atoms with van der Waals surface area (Å²) in [5.41, 5.74) is 27.1. The molecule has 0 N–H and O–H groups in total. The van der Waals surface area contributed by atoms with E-state index in [2.05, 4.69) is 400 Å². The van der Waals surface area contributed by atoms with Crippen LogP contribution in [0.1, 0.15) is 0 Å². The van der Waals surface area contributed by atoms with Crippen molar-refractivity contribution in [2.75, 3.05) is 0 Å². The summed E-state index contributed by atoms with van der Waals surface area (Å²) in [4.78, 5) is 0. The Labute approximate surface area is 674 Å². The minimum absolute atomic E-state index is 1.21. The van der Waals surface area contributed by atoms with Gasteiger partial charge in [-0.15, -0.1) is 56.7 Å². The molecular weight excluding hydrogens is 1460 g/mol. The molecule has 0 aliphatic heterocycles. The molecule has 113 heavy (non-hydrogen) atoms. The number of hydrogen-bond donors (Lipinski definition) is 0. The third kappa shape index (κ3) is 12.5. The Kier molecular flexibility index (Phi) is 16.7. The van der Waals surface area contributed by atoms with Crippen molar-refractivity contribution in [3.05, 3.63) is 400 Å². The molecule has 5 heteroatoms. The van der Waals surface area contributed by atoms with E-state index in [1.165, 1.54) is 223 Å². The highest BCUT2D eigenvalue weighted by molar-refractivity contribution is 7.27. The summed E-state index contributed by atoms with van der Waals surface area (Å²) >= 11 is 9.37. The van der Waals surface area contributed by atoms with Crippen LogP contribution in [0, 0.1) is 0 Å². The van der Waals surface area contributed by atoms with E-state index in [-0.39, 0.29) is 0 Å². The molecule has 0 aliphatic carbocycles. The standard InChI is InChI=1S/C60H36S3.C48H30S2/c1-4-10-37(11-5-1)40-16-22-55-49(31-40)52-34-43(19-25-58(52)61-55)46-28-47(44-20-26-59-53(35-44)50-32-41(17-23-56(50)62-59)38-12-6-2-7-13-38)30-48(29-46)45-21-27-60-54(36-45)51-33-42(18-24-57(51)63-60)39-14-8-3-9-15-39;1-4-10-31(11-5-1)34-16-20-45-41(27-34)43-29-36(18-22-47(43)49-45)39-24-38(33-14-8-3-9-15-33)25-40(26-39)37-19-23-48-44(30-37)42-28-35(17-21-46(42)50-48)32-12-6-2-7-13-32/h1-36H;1-30H. The van der Waals surface area contributed by atoms with Gasteiger partial charge in [0.15, 0.2) is 0 Å². The van der Waals surface area contributed by atoms with Gasteiger partial charge in [0, 0.05) is 101 Å². The third-order valence-electron chi connectivity index (χ3n) is 22.5. The molecule has 0 aliphatic rings. The highest BCUT2D eigenvalue weighted by Gasteiger charge is 2.19. The van der Waals surface area contributed by atoms with Crippen molar-refractivity contribution >= 4 is 158 Å². The molecule has 0 radical (unpaired) electrons. The predicted molar refractivity (Wildman–Crippen MR) is 497 cm³/mol. The highest BCUT2D eigenvalue weighted by Crippen LogP contribution is 2.48. The van der Waals surface area contributed by atoms with Gasteiger partial charge in [0.25, 0.3) is 0 Å². The topological polar surface area (TPSA) is 0 Å². The van der Waals surface area contributed by atoms with Gasteiger partial charge in [0.1, 0.15) is 0 Å². The first kappa shape index (κ1) is 67.0. The fraction of sp³-hybridized carbons (Fsp3) is 0. The molecule has 0 amide bonds. The Morgan fingerprint density at radius 3 is 0.345 bits per heavy atom. The van der Waals surface area contributed by atoms with E-state index in [9.17, 15) is 0 Å². The highest BCUT2D eigenvalue weighted by atomic mass is 32.1. The van der Waals surface area contributed by atoms with E-state index in [0.717, 1.165) is 0 Å². The van der Waals surface area contributed by atoms with Crippen LogP contribution in [0.25, 0.3) is 223 Å². The third-order valence-corrected chi connectivity index (χ3v) is 28.3. The first-order valence-corrected chi connectivity index (χ1v) is 42.4. The van der Waals surface area contributed by atoms with E-state index in [1.807, 2.05) is 56.7 Å². The lowest BCUT2D eigenvalue weighted by Crippen LogP contribution is -1.87. The largest absolute Gasteiger partial charge is 0.135 e. The molecule has 5 heterocycles. The Morgan fingerprint density at radius 2 is 0.204 bits per heavy atom. The number of benzene rings is 18. The molecule has 0 saturated heterocycles. The van der Waals surface area contributed by atoms with Crippen LogP contribution < -0.4 is 0 Å². The van der Waals surface area contributed by atoms with Crippen molar-refractivity contribution in [3.8, 4) is 122 Å². The van der Waals surface area contributed by atoms with Gasteiger partial charge in [-0.1, -0.05) is 243 Å². The Balaban J connectivity index is 0.000000142. The fourth-order valence-corrected chi connectivity index (χ4v) is 22.1. The summed E-state index contributed by atoms with van der Waals surface area (Å²) in [5.74, 6) is 0.